The molecule has 0 aliphatic heterocycles. The van der Waals surface area contributed by atoms with Gasteiger partial charge < -0.3 is 9.47 Å². The lowest BCUT2D eigenvalue weighted by molar-refractivity contribution is 0.101. The molecule has 0 saturated heterocycles. The van der Waals surface area contributed by atoms with Crippen LogP contribution in [0.4, 0.5) is 0 Å². The van der Waals surface area contributed by atoms with E-state index in [9.17, 15) is 4.79 Å². The van der Waals surface area contributed by atoms with Gasteiger partial charge in [0.2, 0.25) is 0 Å². The number of rotatable bonds is 6. The van der Waals surface area contributed by atoms with E-state index in [2.05, 4.69) is 4.98 Å². The highest BCUT2D eigenvalue weighted by atomic mass is 35.5. The van der Waals surface area contributed by atoms with Gasteiger partial charge >= 0.3 is 0 Å². The fourth-order valence-corrected chi connectivity index (χ4v) is 1.18. The van der Waals surface area contributed by atoms with Crippen LogP contribution in [0.1, 0.15) is 10.4 Å². The van der Waals surface area contributed by atoms with Gasteiger partial charge in [0.25, 0.3) is 0 Å². The molecule has 0 aliphatic rings. The third-order valence-corrected chi connectivity index (χ3v) is 1.99. The minimum absolute atomic E-state index is 0.0648. The van der Waals surface area contributed by atoms with Gasteiger partial charge in [0.15, 0.2) is 5.78 Å². The van der Waals surface area contributed by atoms with Crippen molar-refractivity contribution >= 4 is 17.4 Å². The van der Waals surface area contributed by atoms with Crippen LogP contribution < -0.4 is 4.74 Å². The van der Waals surface area contributed by atoms with Gasteiger partial charge in [-0.05, 0) is 6.07 Å². The largest absolute Gasteiger partial charge is 0.489 e. The molecule has 5 heteroatoms. The summed E-state index contributed by atoms with van der Waals surface area (Å²) in [7, 11) is 1.58. The fraction of sp³-hybridized carbons (Fsp3) is 0.400. The molecule has 1 heterocycles. The Morgan fingerprint density at radius 3 is 3.00 bits per heavy atom. The number of ketones is 1. The number of Topliss-reactive ketones (excluding diaryl/α,β-unsaturated/α-hetero) is 1. The first-order valence-electron chi connectivity index (χ1n) is 4.44. The average Bonchev–Trinajstić information content (AvgIpc) is 2.29. The second kappa shape index (κ2) is 6.37. The van der Waals surface area contributed by atoms with E-state index >= 15 is 0 Å². The molecule has 0 fully saturated rings. The highest BCUT2D eigenvalue weighted by Gasteiger charge is 2.10. The molecule has 0 bridgehead atoms. The Kier molecular flexibility index (Phi) is 5.07. The Balaban J connectivity index is 2.73. The average molecular weight is 230 g/mol. The predicted molar refractivity (Wildman–Crippen MR) is 56.7 cm³/mol. The molecule has 0 atom stereocenters. The predicted octanol–water partition coefficient (Wildman–Crippen LogP) is 1.53. The Morgan fingerprint density at radius 1 is 1.53 bits per heavy atom. The topological polar surface area (TPSA) is 48.4 Å². The summed E-state index contributed by atoms with van der Waals surface area (Å²) in [6.45, 7) is 0.841. The maximum atomic E-state index is 11.4. The molecule has 0 aromatic carbocycles. The van der Waals surface area contributed by atoms with Crippen molar-refractivity contribution in [2.24, 2.45) is 0 Å². The van der Waals surface area contributed by atoms with Gasteiger partial charge in [0.05, 0.1) is 24.2 Å². The standard InChI is InChI=1S/C10H12ClNO3/c1-14-4-5-15-10-7-12-3-2-8(10)9(13)6-11/h2-3,7H,4-6H2,1H3. The quantitative estimate of drug-likeness (QED) is 0.422. The number of carbonyl (C=O) groups is 1. The molecule has 1 aromatic heterocycles. The lowest BCUT2D eigenvalue weighted by Crippen LogP contribution is -2.09. The highest BCUT2D eigenvalue weighted by molar-refractivity contribution is 6.30. The van der Waals surface area contributed by atoms with Gasteiger partial charge in [-0.15, -0.1) is 11.6 Å². The van der Waals surface area contributed by atoms with Crippen molar-refractivity contribution in [3.05, 3.63) is 24.0 Å². The first kappa shape index (κ1) is 11.9. The lowest BCUT2D eigenvalue weighted by atomic mass is 10.2. The Hall–Kier alpha value is -1.13. The normalized spacial score (nSPS) is 10.0. The second-order valence-corrected chi connectivity index (χ2v) is 3.04. The summed E-state index contributed by atoms with van der Waals surface area (Å²) in [5.41, 5.74) is 0.455. The van der Waals surface area contributed by atoms with Crippen molar-refractivity contribution in [3.8, 4) is 5.75 Å². The van der Waals surface area contributed by atoms with Crippen LogP contribution in [0.3, 0.4) is 0 Å². The lowest BCUT2D eigenvalue weighted by Gasteiger charge is -2.08. The number of ether oxygens (including phenoxy) is 2. The number of hydrogen-bond acceptors (Lipinski definition) is 4. The number of hydrogen-bond donors (Lipinski definition) is 0. The summed E-state index contributed by atoms with van der Waals surface area (Å²) in [6.07, 6.45) is 3.03. The minimum atomic E-state index is -0.175. The number of nitrogens with zero attached hydrogens (tertiary/aromatic N) is 1. The number of carbonyl (C=O) groups excluding carboxylic acids is 1. The maximum Gasteiger partial charge on any atom is 0.181 e. The Bertz CT molecular complexity index is 330. The first-order chi connectivity index (χ1) is 7.29. The zero-order chi connectivity index (χ0) is 11.1. The van der Waals surface area contributed by atoms with E-state index in [-0.39, 0.29) is 11.7 Å². The third-order valence-electron chi connectivity index (χ3n) is 1.75. The van der Waals surface area contributed by atoms with E-state index in [1.54, 1.807) is 13.2 Å². The van der Waals surface area contributed by atoms with Crippen LogP contribution in [-0.2, 0) is 4.74 Å². The van der Waals surface area contributed by atoms with Gasteiger partial charge in [-0.3, -0.25) is 9.78 Å². The van der Waals surface area contributed by atoms with Gasteiger partial charge in [0.1, 0.15) is 12.4 Å². The van der Waals surface area contributed by atoms with E-state index in [1.807, 2.05) is 0 Å². The van der Waals surface area contributed by atoms with Crippen molar-refractivity contribution in [2.75, 3.05) is 26.2 Å². The summed E-state index contributed by atoms with van der Waals surface area (Å²) < 4.78 is 10.2. The molecule has 82 valence electrons. The van der Waals surface area contributed by atoms with Crippen molar-refractivity contribution < 1.29 is 14.3 Å². The molecule has 15 heavy (non-hydrogen) atoms. The van der Waals surface area contributed by atoms with E-state index in [0.717, 1.165) is 0 Å². The van der Waals surface area contributed by atoms with Crippen LogP contribution in [0.5, 0.6) is 5.75 Å². The van der Waals surface area contributed by atoms with Crippen LogP contribution >= 0.6 is 11.6 Å². The molecule has 0 unspecified atom stereocenters. The number of halogens is 1. The first-order valence-corrected chi connectivity index (χ1v) is 4.98. The van der Waals surface area contributed by atoms with Gasteiger partial charge in [0, 0.05) is 13.3 Å². The number of pyridine rings is 1. The molecule has 0 amide bonds. The van der Waals surface area contributed by atoms with Gasteiger partial charge in [-0.1, -0.05) is 0 Å². The molecular formula is C10H12ClNO3. The molecule has 0 aliphatic carbocycles. The van der Waals surface area contributed by atoms with Crippen molar-refractivity contribution in [2.45, 2.75) is 0 Å². The zero-order valence-corrected chi connectivity index (χ0v) is 9.16. The van der Waals surface area contributed by atoms with E-state index in [4.69, 9.17) is 21.1 Å². The van der Waals surface area contributed by atoms with Crippen LogP contribution in [-0.4, -0.2) is 37.0 Å². The summed E-state index contributed by atoms with van der Waals surface area (Å²) in [6, 6.07) is 1.59. The maximum absolute atomic E-state index is 11.4. The van der Waals surface area contributed by atoms with Crippen LogP contribution in [0.25, 0.3) is 0 Å². The summed E-state index contributed by atoms with van der Waals surface area (Å²) in [5.74, 6) is 0.205. The summed E-state index contributed by atoms with van der Waals surface area (Å²) >= 11 is 5.47. The zero-order valence-electron chi connectivity index (χ0n) is 8.40. The smallest absolute Gasteiger partial charge is 0.181 e. The second-order valence-electron chi connectivity index (χ2n) is 2.77. The number of aromatic nitrogens is 1. The SMILES string of the molecule is COCCOc1cnccc1C(=O)CCl. The van der Waals surface area contributed by atoms with Crippen molar-refractivity contribution in [1.82, 2.24) is 4.98 Å². The Labute approximate surface area is 93.2 Å². The van der Waals surface area contributed by atoms with Gasteiger partial charge in [-0.2, -0.15) is 0 Å². The van der Waals surface area contributed by atoms with Gasteiger partial charge in [-0.25, -0.2) is 0 Å². The summed E-state index contributed by atoms with van der Waals surface area (Å²) in [4.78, 5) is 15.3. The molecule has 0 radical (unpaired) electrons. The van der Waals surface area contributed by atoms with Crippen LogP contribution in [0.15, 0.2) is 18.5 Å². The molecule has 1 aromatic rings. The van der Waals surface area contributed by atoms with E-state index in [1.165, 1.54) is 12.4 Å². The van der Waals surface area contributed by atoms with Crippen molar-refractivity contribution in [3.63, 3.8) is 0 Å². The highest BCUT2D eigenvalue weighted by Crippen LogP contribution is 2.17. The summed E-state index contributed by atoms with van der Waals surface area (Å²) in [5, 5.41) is 0. The van der Waals surface area contributed by atoms with Crippen LogP contribution in [0, 0.1) is 0 Å². The molecule has 1 rings (SSSR count). The van der Waals surface area contributed by atoms with E-state index < -0.39 is 0 Å². The minimum Gasteiger partial charge on any atom is -0.489 e. The molecule has 0 saturated carbocycles. The van der Waals surface area contributed by atoms with E-state index in [0.29, 0.717) is 24.5 Å². The molecular weight excluding hydrogens is 218 g/mol. The number of methoxy groups -OCH3 is 1. The Morgan fingerprint density at radius 2 is 2.33 bits per heavy atom. The number of alkyl halides is 1. The molecule has 0 spiro atoms. The van der Waals surface area contributed by atoms with Crippen molar-refractivity contribution in [1.29, 1.82) is 0 Å². The fourth-order valence-electron chi connectivity index (χ4n) is 1.03. The molecule has 4 nitrogen and oxygen atoms in total. The molecule has 0 N–H and O–H groups in total. The third kappa shape index (κ3) is 3.49. The monoisotopic (exact) mass is 229 g/mol. The van der Waals surface area contributed by atoms with Crippen LogP contribution in [0.2, 0.25) is 0 Å².